The van der Waals surface area contributed by atoms with Crippen LogP contribution in [0, 0.1) is 11.6 Å². The lowest BCUT2D eigenvalue weighted by Gasteiger charge is -2.10. The van der Waals surface area contributed by atoms with Crippen LogP contribution in [0.25, 0.3) is 0 Å². The van der Waals surface area contributed by atoms with E-state index in [4.69, 9.17) is 0 Å². The predicted molar refractivity (Wildman–Crippen MR) is 76.3 cm³/mol. The molecule has 0 radical (unpaired) electrons. The Hall–Kier alpha value is -1.69. The van der Waals surface area contributed by atoms with Crippen LogP contribution in [-0.4, -0.2) is 4.57 Å². The fourth-order valence-electron chi connectivity index (χ4n) is 2.00. The fourth-order valence-corrected chi connectivity index (χ4v) is 2.33. The zero-order valence-electron chi connectivity index (χ0n) is 10.4. The summed E-state index contributed by atoms with van der Waals surface area (Å²) in [5.74, 6) is -1.41. The third-order valence-electron chi connectivity index (χ3n) is 3.20. The van der Waals surface area contributed by atoms with Gasteiger partial charge in [0.1, 0.15) is 5.82 Å². The van der Waals surface area contributed by atoms with Gasteiger partial charge in [0.2, 0.25) is 5.82 Å². The normalized spacial score (nSPS) is 14.3. The van der Waals surface area contributed by atoms with Crippen molar-refractivity contribution in [3.05, 3.63) is 56.9 Å². The zero-order valence-corrected chi connectivity index (χ0v) is 12.0. The smallest absolute Gasteiger partial charge is 0.288 e. The molecule has 3 nitrogen and oxygen atoms in total. The molecule has 1 heterocycles. The molecule has 3 rings (SSSR count). The number of anilines is 2. The molecule has 0 aliphatic heterocycles. The predicted octanol–water partition coefficient (Wildman–Crippen LogP) is 3.97. The van der Waals surface area contributed by atoms with E-state index in [1.165, 1.54) is 22.8 Å². The molecule has 0 spiro atoms. The van der Waals surface area contributed by atoms with Crippen LogP contribution in [0.3, 0.4) is 0 Å². The lowest BCUT2D eigenvalue weighted by atomic mass is 10.3. The van der Waals surface area contributed by atoms with Gasteiger partial charge in [-0.2, -0.15) is 4.39 Å². The Morgan fingerprint density at radius 2 is 1.95 bits per heavy atom. The Balaban J connectivity index is 1.95. The van der Waals surface area contributed by atoms with Gasteiger partial charge in [-0.1, -0.05) is 15.9 Å². The highest BCUT2D eigenvalue weighted by Crippen LogP contribution is 2.34. The van der Waals surface area contributed by atoms with E-state index in [0.29, 0.717) is 4.47 Å². The minimum Gasteiger partial charge on any atom is -0.351 e. The summed E-state index contributed by atoms with van der Waals surface area (Å²) in [6.45, 7) is 0. The lowest BCUT2D eigenvalue weighted by Crippen LogP contribution is -2.22. The van der Waals surface area contributed by atoms with Crippen molar-refractivity contribution in [1.82, 2.24) is 4.57 Å². The van der Waals surface area contributed by atoms with Gasteiger partial charge < -0.3 is 9.88 Å². The molecule has 0 unspecified atom stereocenters. The van der Waals surface area contributed by atoms with Crippen LogP contribution >= 0.6 is 15.9 Å². The SMILES string of the molecule is O=c1c(F)c(Nc2ccc(Br)cc2F)ccn1C1CC1. The molecule has 1 aromatic carbocycles. The highest BCUT2D eigenvalue weighted by Gasteiger charge is 2.26. The van der Waals surface area contributed by atoms with Crippen molar-refractivity contribution in [2.45, 2.75) is 18.9 Å². The lowest BCUT2D eigenvalue weighted by molar-refractivity contribution is 0.574. The highest BCUT2D eigenvalue weighted by atomic mass is 79.9. The molecular weight excluding hydrogens is 330 g/mol. The molecule has 0 bridgehead atoms. The first-order chi connectivity index (χ1) is 9.56. The number of benzene rings is 1. The summed E-state index contributed by atoms with van der Waals surface area (Å²) in [7, 11) is 0. The highest BCUT2D eigenvalue weighted by molar-refractivity contribution is 9.10. The van der Waals surface area contributed by atoms with Crippen LogP contribution in [0.2, 0.25) is 0 Å². The molecule has 1 aliphatic rings. The number of aromatic nitrogens is 1. The third kappa shape index (κ3) is 2.47. The molecule has 1 saturated carbocycles. The van der Waals surface area contributed by atoms with Gasteiger partial charge in [0, 0.05) is 16.7 Å². The van der Waals surface area contributed by atoms with Gasteiger partial charge in [-0.05, 0) is 37.1 Å². The Morgan fingerprint density at radius 3 is 2.60 bits per heavy atom. The summed E-state index contributed by atoms with van der Waals surface area (Å²) in [5, 5.41) is 2.61. The maximum absolute atomic E-state index is 14.0. The van der Waals surface area contributed by atoms with E-state index in [-0.39, 0.29) is 17.4 Å². The Morgan fingerprint density at radius 1 is 1.20 bits per heavy atom. The average Bonchev–Trinajstić information content (AvgIpc) is 3.22. The zero-order chi connectivity index (χ0) is 14.3. The van der Waals surface area contributed by atoms with Crippen molar-refractivity contribution >= 4 is 27.3 Å². The average molecular weight is 341 g/mol. The summed E-state index contributed by atoms with van der Waals surface area (Å²) in [4.78, 5) is 11.8. The van der Waals surface area contributed by atoms with Crippen molar-refractivity contribution < 1.29 is 8.78 Å². The van der Waals surface area contributed by atoms with Gasteiger partial charge in [0.25, 0.3) is 5.56 Å². The van der Waals surface area contributed by atoms with E-state index < -0.39 is 17.2 Å². The topological polar surface area (TPSA) is 34.0 Å². The van der Waals surface area contributed by atoms with Gasteiger partial charge in [-0.15, -0.1) is 0 Å². The minimum absolute atomic E-state index is 0.0203. The molecule has 1 aromatic heterocycles. The molecule has 1 fully saturated rings. The largest absolute Gasteiger partial charge is 0.351 e. The van der Waals surface area contributed by atoms with E-state index in [1.807, 2.05) is 0 Å². The second-order valence-corrected chi connectivity index (χ2v) is 5.65. The van der Waals surface area contributed by atoms with Crippen molar-refractivity contribution in [2.24, 2.45) is 0 Å². The van der Waals surface area contributed by atoms with E-state index in [9.17, 15) is 13.6 Å². The third-order valence-corrected chi connectivity index (χ3v) is 3.69. The molecule has 0 atom stereocenters. The molecule has 1 aliphatic carbocycles. The van der Waals surface area contributed by atoms with Crippen molar-refractivity contribution in [2.75, 3.05) is 5.32 Å². The second kappa shape index (κ2) is 5.01. The number of rotatable bonds is 3. The molecule has 0 amide bonds. The summed E-state index contributed by atoms with van der Waals surface area (Å²) < 4.78 is 29.7. The molecule has 2 aromatic rings. The number of pyridine rings is 1. The Labute approximate surface area is 122 Å². The van der Waals surface area contributed by atoms with Gasteiger partial charge in [-0.3, -0.25) is 4.79 Å². The van der Waals surface area contributed by atoms with Gasteiger partial charge in [0.05, 0.1) is 11.4 Å². The summed E-state index contributed by atoms with van der Waals surface area (Å²) in [6.07, 6.45) is 3.34. The van der Waals surface area contributed by atoms with Crippen LogP contribution in [0.4, 0.5) is 20.2 Å². The molecule has 1 N–H and O–H groups in total. The van der Waals surface area contributed by atoms with Crippen LogP contribution in [0.15, 0.2) is 39.7 Å². The first kappa shape index (κ1) is 13.3. The van der Waals surface area contributed by atoms with E-state index >= 15 is 0 Å². The Kier molecular flexibility index (Phi) is 3.33. The molecule has 0 saturated heterocycles. The number of hydrogen-bond donors (Lipinski definition) is 1. The van der Waals surface area contributed by atoms with Crippen LogP contribution in [0.1, 0.15) is 18.9 Å². The van der Waals surface area contributed by atoms with Crippen molar-refractivity contribution in [3.8, 4) is 0 Å². The van der Waals surface area contributed by atoms with Crippen LogP contribution < -0.4 is 10.9 Å². The Bertz CT molecular complexity index is 726. The summed E-state index contributed by atoms with van der Waals surface area (Å²) in [5.41, 5.74) is -0.571. The van der Waals surface area contributed by atoms with Gasteiger partial charge in [-0.25, -0.2) is 4.39 Å². The fraction of sp³-hybridized carbons (Fsp3) is 0.214. The van der Waals surface area contributed by atoms with Crippen molar-refractivity contribution in [1.29, 1.82) is 0 Å². The maximum Gasteiger partial charge on any atom is 0.288 e. The van der Waals surface area contributed by atoms with E-state index in [2.05, 4.69) is 21.2 Å². The quantitative estimate of drug-likeness (QED) is 0.917. The number of hydrogen-bond acceptors (Lipinski definition) is 2. The molecule has 20 heavy (non-hydrogen) atoms. The standard InChI is InChI=1S/C14H11BrF2N2O/c15-8-1-4-11(10(16)7-8)18-12-5-6-19(9-2-3-9)14(20)13(12)17/h1,4-7,9,18H,2-3H2. The minimum atomic E-state index is -0.887. The maximum atomic E-state index is 14.0. The number of nitrogens with zero attached hydrogens (tertiary/aromatic N) is 1. The molecule has 6 heteroatoms. The first-order valence-electron chi connectivity index (χ1n) is 6.19. The summed E-state index contributed by atoms with van der Waals surface area (Å²) >= 11 is 3.15. The second-order valence-electron chi connectivity index (χ2n) is 4.74. The number of nitrogens with one attached hydrogen (secondary N) is 1. The van der Waals surface area contributed by atoms with E-state index in [1.54, 1.807) is 12.3 Å². The van der Waals surface area contributed by atoms with Crippen LogP contribution in [-0.2, 0) is 0 Å². The first-order valence-corrected chi connectivity index (χ1v) is 6.98. The van der Waals surface area contributed by atoms with Gasteiger partial charge >= 0.3 is 0 Å². The monoisotopic (exact) mass is 340 g/mol. The summed E-state index contributed by atoms with van der Waals surface area (Å²) in [6, 6.07) is 5.94. The number of halogens is 3. The molecule has 104 valence electrons. The van der Waals surface area contributed by atoms with Gasteiger partial charge in [0.15, 0.2) is 0 Å². The van der Waals surface area contributed by atoms with Crippen molar-refractivity contribution in [3.63, 3.8) is 0 Å². The van der Waals surface area contributed by atoms with E-state index in [0.717, 1.165) is 12.8 Å². The molecular formula is C14H11BrF2N2O. The van der Waals surface area contributed by atoms with Crippen LogP contribution in [0.5, 0.6) is 0 Å².